The van der Waals surface area contributed by atoms with E-state index in [1.54, 1.807) is 12.5 Å². The fourth-order valence-electron chi connectivity index (χ4n) is 1.84. The van der Waals surface area contributed by atoms with Crippen molar-refractivity contribution in [2.24, 2.45) is 0 Å². The summed E-state index contributed by atoms with van der Waals surface area (Å²) in [4.78, 5) is 12.9. The summed E-state index contributed by atoms with van der Waals surface area (Å²) in [5.41, 5.74) is 3.23. The molecule has 0 aliphatic heterocycles. The lowest BCUT2D eigenvalue weighted by atomic mass is 10.2. The van der Waals surface area contributed by atoms with Crippen molar-refractivity contribution >= 4 is 11.6 Å². The Bertz CT molecular complexity index is 553. The predicted molar refractivity (Wildman–Crippen MR) is 77.2 cm³/mol. The fourth-order valence-corrected chi connectivity index (χ4v) is 1.84. The van der Waals surface area contributed by atoms with Gasteiger partial charge in [0.15, 0.2) is 0 Å². The molecule has 0 spiro atoms. The van der Waals surface area contributed by atoms with Crippen LogP contribution in [-0.4, -0.2) is 21.5 Å². The second-order valence-corrected chi connectivity index (χ2v) is 4.35. The van der Waals surface area contributed by atoms with E-state index in [2.05, 4.69) is 38.6 Å². The molecule has 0 saturated heterocycles. The van der Waals surface area contributed by atoms with E-state index in [-0.39, 0.29) is 0 Å². The Morgan fingerprint density at radius 2 is 1.79 bits per heavy atom. The summed E-state index contributed by atoms with van der Waals surface area (Å²) in [6, 6.07) is 4.00. The Balaban J connectivity index is 2.12. The maximum atomic E-state index is 4.36. The van der Waals surface area contributed by atoms with Crippen LogP contribution in [0.4, 0.5) is 11.6 Å². The van der Waals surface area contributed by atoms with E-state index in [4.69, 9.17) is 0 Å². The van der Waals surface area contributed by atoms with Crippen LogP contribution in [0.15, 0.2) is 24.7 Å². The summed E-state index contributed by atoms with van der Waals surface area (Å²) < 4.78 is 0. The number of hydrogen-bond acceptors (Lipinski definition) is 5. The molecule has 0 radical (unpaired) electrons. The Hall–Kier alpha value is -2.17. The summed E-state index contributed by atoms with van der Waals surface area (Å²) in [5, 5.41) is 6.53. The lowest BCUT2D eigenvalue weighted by Gasteiger charge is -2.12. The van der Waals surface area contributed by atoms with Crippen molar-refractivity contribution in [1.29, 1.82) is 0 Å². The number of pyridine rings is 1. The molecule has 0 atom stereocenters. The second-order valence-electron chi connectivity index (χ2n) is 4.35. The van der Waals surface area contributed by atoms with Crippen LogP contribution in [0.5, 0.6) is 0 Å². The number of nitrogens with zero attached hydrogens (tertiary/aromatic N) is 3. The van der Waals surface area contributed by atoms with Gasteiger partial charge in [0.1, 0.15) is 18.0 Å². The fraction of sp³-hybridized carbons (Fsp3) is 0.357. The average molecular weight is 257 g/mol. The van der Waals surface area contributed by atoms with Crippen LogP contribution in [0, 0.1) is 13.8 Å². The molecule has 0 bridgehead atoms. The van der Waals surface area contributed by atoms with Gasteiger partial charge in [-0.3, -0.25) is 4.98 Å². The maximum Gasteiger partial charge on any atom is 0.134 e. The lowest BCUT2D eigenvalue weighted by Crippen LogP contribution is -2.09. The summed E-state index contributed by atoms with van der Waals surface area (Å²) in [6.07, 6.45) is 3.37. The van der Waals surface area contributed by atoms with E-state index in [0.29, 0.717) is 6.54 Å². The maximum absolute atomic E-state index is 4.36. The van der Waals surface area contributed by atoms with Crippen LogP contribution in [0.25, 0.3) is 0 Å². The van der Waals surface area contributed by atoms with Crippen LogP contribution in [-0.2, 0) is 6.54 Å². The largest absolute Gasteiger partial charge is 0.370 e. The van der Waals surface area contributed by atoms with Crippen molar-refractivity contribution in [3.05, 3.63) is 41.5 Å². The second kappa shape index (κ2) is 6.13. The Labute approximate surface area is 113 Å². The van der Waals surface area contributed by atoms with Crippen molar-refractivity contribution in [2.45, 2.75) is 27.3 Å². The normalized spacial score (nSPS) is 10.3. The van der Waals surface area contributed by atoms with Gasteiger partial charge in [-0.05, 0) is 32.4 Å². The van der Waals surface area contributed by atoms with Crippen molar-refractivity contribution < 1.29 is 0 Å². The summed E-state index contributed by atoms with van der Waals surface area (Å²) in [5.74, 6) is 1.72. The van der Waals surface area contributed by atoms with Crippen molar-refractivity contribution in [2.75, 3.05) is 17.2 Å². The van der Waals surface area contributed by atoms with E-state index in [0.717, 1.165) is 29.4 Å². The molecule has 2 N–H and O–H groups in total. The number of anilines is 2. The molecule has 0 unspecified atom stereocenters. The molecular weight excluding hydrogens is 238 g/mol. The number of aromatic nitrogens is 3. The third kappa shape index (κ3) is 3.19. The number of rotatable bonds is 5. The molecule has 2 aromatic rings. The molecule has 19 heavy (non-hydrogen) atoms. The molecule has 0 amide bonds. The van der Waals surface area contributed by atoms with Gasteiger partial charge in [-0.1, -0.05) is 6.07 Å². The van der Waals surface area contributed by atoms with Gasteiger partial charge < -0.3 is 10.6 Å². The Morgan fingerprint density at radius 3 is 2.47 bits per heavy atom. The van der Waals surface area contributed by atoms with Crippen molar-refractivity contribution in [3.8, 4) is 0 Å². The smallest absolute Gasteiger partial charge is 0.134 e. The van der Waals surface area contributed by atoms with Gasteiger partial charge in [-0.15, -0.1) is 0 Å². The van der Waals surface area contributed by atoms with Gasteiger partial charge in [-0.25, -0.2) is 9.97 Å². The molecule has 2 aromatic heterocycles. The minimum absolute atomic E-state index is 0.663. The first-order valence-electron chi connectivity index (χ1n) is 6.42. The molecule has 100 valence electrons. The van der Waals surface area contributed by atoms with Gasteiger partial charge in [0.05, 0.1) is 12.2 Å². The quantitative estimate of drug-likeness (QED) is 0.861. The highest BCUT2D eigenvalue weighted by molar-refractivity contribution is 5.56. The van der Waals surface area contributed by atoms with E-state index >= 15 is 0 Å². The van der Waals surface area contributed by atoms with E-state index in [9.17, 15) is 0 Å². The summed E-state index contributed by atoms with van der Waals surface area (Å²) in [7, 11) is 0. The SMILES string of the molecule is CCNc1ncnc(NCc2ncccc2C)c1C. The molecule has 2 rings (SSSR count). The van der Waals surface area contributed by atoms with Gasteiger partial charge in [0, 0.05) is 18.3 Å². The lowest BCUT2D eigenvalue weighted by molar-refractivity contribution is 0.988. The highest BCUT2D eigenvalue weighted by atomic mass is 15.1. The molecule has 2 heterocycles. The van der Waals surface area contributed by atoms with Crippen molar-refractivity contribution in [1.82, 2.24) is 15.0 Å². The summed E-state index contributed by atoms with van der Waals surface area (Å²) in [6.45, 7) is 7.62. The molecule has 0 fully saturated rings. The highest BCUT2D eigenvalue weighted by Gasteiger charge is 2.06. The van der Waals surface area contributed by atoms with Gasteiger partial charge in [-0.2, -0.15) is 0 Å². The molecule has 0 aliphatic rings. The van der Waals surface area contributed by atoms with Gasteiger partial charge in [0.2, 0.25) is 0 Å². The molecule has 5 nitrogen and oxygen atoms in total. The van der Waals surface area contributed by atoms with Crippen molar-refractivity contribution in [3.63, 3.8) is 0 Å². The minimum Gasteiger partial charge on any atom is -0.370 e. The molecule has 0 saturated carbocycles. The standard InChI is InChI=1S/C14H19N5/c1-4-15-13-11(3)14(19-9-18-13)17-8-12-10(2)6-5-7-16-12/h5-7,9H,4,8H2,1-3H3,(H2,15,17,18,19). The third-order valence-electron chi connectivity index (χ3n) is 2.97. The minimum atomic E-state index is 0.663. The molecule has 0 aliphatic carbocycles. The monoisotopic (exact) mass is 257 g/mol. The zero-order chi connectivity index (χ0) is 13.7. The van der Waals surface area contributed by atoms with Crippen LogP contribution >= 0.6 is 0 Å². The Morgan fingerprint density at radius 1 is 1.05 bits per heavy atom. The first-order chi connectivity index (χ1) is 9.22. The first kappa shape index (κ1) is 13.3. The van der Waals surface area contributed by atoms with Crippen LogP contribution in [0.3, 0.4) is 0 Å². The van der Waals surface area contributed by atoms with E-state index < -0.39 is 0 Å². The zero-order valence-corrected chi connectivity index (χ0v) is 11.6. The zero-order valence-electron chi connectivity index (χ0n) is 11.6. The van der Waals surface area contributed by atoms with Gasteiger partial charge in [0.25, 0.3) is 0 Å². The highest BCUT2D eigenvalue weighted by Crippen LogP contribution is 2.18. The average Bonchev–Trinajstić information content (AvgIpc) is 2.42. The third-order valence-corrected chi connectivity index (χ3v) is 2.97. The summed E-state index contributed by atoms with van der Waals surface area (Å²) >= 11 is 0. The number of aryl methyl sites for hydroxylation is 1. The number of nitrogens with one attached hydrogen (secondary N) is 2. The van der Waals surface area contributed by atoms with Crippen LogP contribution < -0.4 is 10.6 Å². The molecule has 0 aromatic carbocycles. The van der Waals surface area contributed by atoms with Crippen LogP contribution in [0.2, 0.25) is 0 Å². The predicted octanol–water partition coefficient (Wildman–Crippen LogP) is 2.53. The Kier molecular flexibility index (Phi) is 4.28. The van der Waals surface area contributed by atoms with Gasteiger partial charge >= 0.3 is 0 Å². The van der Waals surface area contributed by atoms with E-state index in [1.807, 2.05) is 19.9 Å². The molecule has 5 heteroatoms. The van der Waals surface area contributed by atoms with Crippen LogP contribution in [0.1, 0.15) is 23.7 Å². The first-order valence-corrected chi connectivity index (χ1v) is 6.42. The van der Waals surface area contributed by atoms with E-state index in [1.165, 1.54) is 5.56 Å². The topological polar surface area (TPSA) is 62.7 Å². The molecular formula is C14H19N5. The number of hydrogen-bond donors (Lipinski definition) is 2.